The zero-order chi connectivity index (χ0) is 12.6. The molecule has 0 aliphatic heterocycles. The van der Waals surface area contributed by atoms with E-state index < -0.39 is 0 Å². The van der Waals surface area contributed by atoms with Gasteiger partial charge in [0.05, 0.1) is 5.69 Å². The van der Waals surface area contributed by atoms with E-state index >= 15 is 0 Å². The highest BCUT2D eigenvalue weighted by atomic mass is 19.1. The van der Waals surface area contributed by atoms with Crippen molar-refractivity contribution in [3.05, 3.63) is 29.6 Å². The molecule has 3 heteroatoms. The fraction of sp³-hybridized carbons (Fsp3) is 0.571. The summed E-state index contributed by atoms with van der Waals surface area (Å²) in [7, 11) is 1.95. The summed E-state index contributed by atoms with van der Waals surface area (Å²) in [5.41, 5.74) is 7.26. The molecule has 2 nitrogen and oxygen atoms in total. The number of halogens is 1. The summed E-state index contributed by atoms with van der Waals surface area (Å²) in [6, 6.07) is 5.18. The Morgan fingerprint density at radius 2 is 2.18 bits per heavy atom. The third-order valence-corrected chi connectivity index (χ3v) is 3.69. The lowest BCUT2D eigenvalue weighted by molar-refractivity contribution is 0.611. The summed E-state index contributed by atoms with van der Waals surface area (Å²) < 4.78 is 13.9. The highest BCUT2D eigenvalue weighted by Gasteiger charge is 2.33. The molecule has 1 aliphatic carbocycles. The fourth-order valence-electron chi connectivity index (χ4n) is 2.22. The van der Waals surface area contributed by atoms with E-state index in [1.807, 2.05) is 31.0 Å². The minimum atomic E-state index is -0.171. The van der Waals surface area contributed by atoms with E-state index in [9.17, 15) is 4.39 Å². The maximum absolute atomic E-state index is 13.9. The molecule has 0 radical (unpaired) electrons. The molecule has 0 saturated heterocycles. The van der Waals surface area contributed by atoms with Gasteiger partial charge in [-0.1, -0.05) is 13.0 Å². The maximum atomic E-state index is 13.9. The number of rotatable bonds is 4. The molecule has 1 aromatic rings. The normalized spacial score (nSPS) is 24.5. The predicted molar refractivity (Wildman–Crippen MR) is 69.5 cm³/mol. The van der Waals surface area contributed by atoms with E-state index in [-0.39, 0.29) is 11.9 Å². The van der Waals surface area contributed by atoms with Gasteiger partial charge in [0, 0.05) is 19.6 Å². The van der Waals surface area contributed by atoms with Crippen LogP contribution in [0.25, 0.3) is 0 Å². The Morgan fingerprint density at radius 3 is 2.65 bits per heavy atom. The molecule has 1 aliphatic rings. The Kier molecular flexibility index (Phi) is 3.38. The summed E-state index contributed by atoms with van der Waals surface area (Å²) in [5, 5.41) is 0. The molecule has 2 N–H and O–H groups in total. The van der Waals surface area contributed by atoms with Crippen molar-refractivity contribution in [2.45, 2.75) is 26.3 Å². The molecule has 0 heterocycles. The average Bonchev–Trinajstić information content (AvgIpc) is 2.93. The van der Waals surface area contributed by atoms with E-state index in [0.29, 0.717) is 5.69 Å². The number of benzene rings is 1. The first-order chi connectivity index (χ1) is 7.99. The molecule has 3 atom stereocenters. The van der Waals surface area contributed by atoms with Gasteiger partial charge in [0.15, 0.2) is 0 Å². The molecule has 1 aromatic carbocycles. The standard InChI is InChI=1S/C14H21FN2/c1-9-6-12(9)8-17(3)14-5-4-11(10(2)16)7-13(14)15/h4-5,7,9-10,12H,6,8,16H2,1-3H3/t9?,10-,12?/m0/s1. The summed E-state index contributed by atoms with van der Waals surface area (Å²) in [6.07, 6.45) is 1.27. The Balaban J connectivity index is 2.09. The molecule has 2 rings (SSSR count). The molecule has 0 bridgehead atoms. The predicted octanol–water partition coefficient (Wildman–Crippen LogP) is 2.94. The molecule has 0 spiro atoms. The Labute approximate surface area is 103 Å². The smallest absolute Gasteiger partial charge is 0.146 e. The van der Waals surface area contributed by atoms with Crippen molar-refractivity contribution in [2.24, 2.45) is 17.6 Å². The monoisotopic (exact) mass is 236 g/mol. The molecular formula is C14H21FN2. The summed E-state index contributed by atoms with van der Waals surface area (Å²) in [6.45, 7) is 5.05. The van der Waals surface area contributed by atoms with Gasteiger partial charge in [0.1, 0.15) is 5.82 Å². The van der Waals surface area contributed by atoms with Crippen molar-refractivity contribution in [1.29, 1.82) is 0 Å². The van der Waals surface area contributed by atoms with Crippen molar-refractivity contribution in [1.82, 2.24) is 0 Å². The van der Waals surface area contributed by atoms with Crippen LogP contribution in [0.3, 0.4) is 0 Å². The quantitative estimate of drug-likeness (QED) is 0.871. The van der Waals surface area contributed by atoms with Crippen LogP contribution in [0.2, 0.25) is 0 Å². The Morgan fingerprint density at radius 1 is 1.53 bits per heavy atom. The number of hydrogen-bond acceptors (Lipinski definition) is 2. The van der Waals surface area contributed by atoms with Crippen LogP contribution in [-0.2, 0) is 0 Å². The third kappa shape index (κ3) is 2.78. The number of hydrogen-bond donors (Lipinski definition) is 1. The van der Waals surface area contributed by atoms with Crippen LogP contribution in [0.5, 0.6) is 0 Å². The van der Waals surface area contributed by atoms with Gasteiger partial charge >= 0.3 is 0 Å². The van der Waals surface area contributed by atoms with Gasteiger partial charge in [-0.3, -0.25) is 0 Å². The van der Waals surface area contributed by atoms with Crippen LogP contribution in [0.4, 0.5) is 10.1 Å². The van der Waals surface area contributed by atoms with E-state index in [0.717, 1.165) is 23.9 Å². The molecular weight excluding hydrogens is 215 g/mol. The zero-order valence-electron chi connectivity index (χ0n) is 10.8. The number of nitrogens with zero attached hydrogens (tertiary/aromatic N) is 1. The number of anilines is 1. The zero-order valence-corrected chi connectivity index (χ0v) is 10.8. The molecule has 2 unspecified atom stereocenters. The first-order valence-corrected chi connectivity index (χ1v) is 6.25. The fourth-order valence-corrected chi connectivity index (χ4v) is 2.22. The van der Waals surface area contributed by atoms with Crippen molar-refractivity contribution in [3.63, 3.8) is 0 Å². The minimum Gasteiger partial charge on any atom is -0.372 e. The van der Waals surface area contributed by atoms with Crippen molar-refractivity contribution < 1.29 is 4.39 Å². The largest absolute Gasteiger partial charge is 0.372 e. The van der Waals surface area contributed by atoms with E-state index in [1.165, 1.54) is 6.42 Å². The maximum Gasteiger partial charge on any atom is 0.146 e. The Bertz CT molecular complexity index is 403. The van der Waals surface area contributed by atoms with Crippen molar-refractivity contribution in [3.8, 4) is 0 Å². The lowest BCUT2D eigenvalue weighted by atomic mass is 10.1. The Hall–Kier alpha value is -1.09. The lowest BCUT2D eigenvalue weighted by Crippen LogP contribution is -2.21. The van der Waals surface area contributed by atoms with E-state index in [1.54, 1.807) is 6.07 Å². The van der Waals surface area contributed by atoms with Crippen LogP contribution in [0, 0.1) is 17.7 Å². The van der Waals surface area contributed by atoms with Gasteiger partial charge in [-0.05, 0) is 42.9 Å². The molecule has 17 heavy (non-hydrogen) atoms. The topological polar surface area (TPSA) is 29.3 Å². The van der Waals surface area contributed by atoms with Gasteiger partial charge in [-0.25, -0.2) is 4.39 Å². The highest BCUT2D eigenvalue weighted by molar-refractivity contribution is 5.49. The van der Waals surface area contributed by atoms with Crippen molar-refractivity contribution >= 4 is 5.69 Å². The molecule has 94 valence electrons. The summed E-state index contributed by atoms with van der Waals surface area (Å²) >= 11 is 0. The van der Waals surface area contributed by atoms with Gasteiger partial charge in [-0.2, -0.15) is 0 Å². The summed E-state index contributed by atoms with van der Waals surface area (Å²) in [4.78, 5) is 2.01. The SMILES string of the molecule is CC1CC1CN(C)c1ccc([C@H](C)N)cc1F. The number of nitrogens with two attached hydrogens (primary N) is 1. The van der Waals surface area contributed by atoms with Crippen LogP contribution in [0.1, 0.15) is 31.9 Å². The average molecular weight is 236 g/mol. The van der Waals surface area contributed by atoms with Crippen molar-refractivity contribution in [2.75, 3.05) is 18.5 Å². The second kappa shape index (κ2) is 4.65. The van der Waals surface area contributed by atoms with E-state index in [4.69, 9.17) is 5.73 Å². The second-order valence-electron chi connectivity index (χ2n) is 5.35. The summed E-state index contributed by atoms with van der Waals surface area (Å²) in [5.74, 6) is 1.35. The first kappa shape index (κ1) is 12.4. The van der Waals surface area contributed by atoms with Gasteiger partial charge in [0.25, 0.3) is 0 Å². The van der Waals surface area contributed by atoms with Gasteiger partial charge < -0.3 is 10.6 Å². The van der Waals surface area contributed by atoms with Crippen LogP contribution in [-0.4, -0.2) is 13.6 Å². The highest BCUT2D eigenvalue weighted by Crippen LogP contribution is 2.39. The third-order valence-electron chi connectivity index (χ3n) is 3.69. The first-order valence-electron chi connectivity index (χ1n) is 6.25. The molecule has 0 aromatic heterocycles. The minimum absolute atomic E-state index is 0.118. The molecule has 1 fully saturated rings. The molecule has 0 amide bonds. The van der Waals surface area contributed by atoms with Crippen LogP contribution < -0.4 is 10.6 Å². The molecule has 1 saturated carbocycles. The van der Waals surface area contributed by atoms with Gasteiger partial charge in [0.2, 0.25) is 0 Å². The van der Waals surface area contributed by atoms with Crippen LogP contribution in [0.15, 0.2) is 18.2 Å². The second-order valence-corrected chi connectivity index (χ2v) is 5.35. The van der Waals surface area contributed by atoms with Gasteiger partial charge in [-0.15, -0.1) is 0 Å². The lowest BCUT2D eigenvalue weighted by Gasteiger charge is -2.20. The van der Waals surface area contributed by atoms with Crippen LogP contribution >= 0.6 is 0 Å². The van der Waals surface area contributed by atoms with E-state index in [2.05, 4.69) is 6.92 Å².